The normalized spacial score (nSPS) is 10.4. The first-order valence-electron chi connectivity index (χ1n) is 11.2. The van der Waals surface area contributed by atoms with Crippen LogP contribution in [-0.2, 0) is 15.3 Å². The first kappa shape index (κ1) is 27.0. The van der Waals surface area contributed by atoms with E-state index < -0.39 is 0 Å². The van der Waals surface area contributed by atoms with Crippen molar-refractivity contribution in [3.05, 3.63) is 81.6 Å². The highest BCUT2D eigenvalue weighted by atomic mass is 35.5. The Balaban J connectivity index is 1.56. The van der Waals surface area contributed by atoms with E-state index in [1.165, 1.54) is 30.0 Å². The van der Waals surface area contributed by atoms with E-state index in [0.717, 1.165) is 16.3 Å². The fraction of sp³-hybridized carbons (Fsp3) is 0.148. The van der Waals surface area contributed by atoms with Crippen molar-refractivity contribution < 1.29 is 14.3 Å². The molecule has 0 aliphatic rings. The fourth-order valence-corrected chi connectivity index (χ4v) is 5.42. The molecule has 0 aliphatic carbocycles. The summed E-state index contributed by atoms with van der Waals surface area (Å²) in [5.74, 6) is 0.705. The zero-order valence-corrected chi connectivity index (χ0v) is 22.5. The maximum atomic E-state index is 10.9. The average molecular weight is 562 g/mol. The van der Waals surface area contributed by atoms with Crippen LogP contribution in [0.15, 0.2) is 58.9 Å². The number of aromatic nitrogens is 2. The van der Waals surface area contributed by atoms with Gasteiger partial charge in [0.05, 0.1) is 17.8 Å². The van der Waals surface area contributed by atoms with Crippen molar-refractivity contribution in [2.75, 3.05) is 18.9 Å². The molecule has 0 amide bonds. The summed E-state index contributed by atoms with van der Waals surface area (Å²) in [7, 11) is 0. The third-order valence-electron chi connectivity index (χ3n) is 5.19. The van der Waals surface area contributed by atoms with Gasteiger partial charge in [-0.25, -0.2) is 14.8 Å². The minimum atomic E-state index is -0.375. The largest absolute Gasteiger partial charge is 0.490 e. The SMILES string of the molecule is [C-]#[N+]c1c(N)nc(SCc2csc(-c3ccc(Cl)cc3)n2)c(C#N)c1-c1ccc(OCCOC(C)=O)cc1. The Hall–Kier alpha value is -4.09. The molecule has 190 valence electrons. The number of esters is 1. The van der Waals surface area contributed by atoms with Crippen LogP contribution < -0.4 is 10.5 Å². The summed E-state index contributed by atoms with van der Waals surface area (Å²) < 4.78 is 10.4. The van der Waals surface area contributed by atoms with E-state index in [1.54, 1.807) is 24.3 Å². The number of anilines is 1. The van der Waals surface area contributed by atoms with Crippen LogP contribution in [-0.4, -0.2) is 29.2 Å². The van der Waals surface area contributed by atoms with E-state index in [9.17, 15) is 10.1 Å². The van der Waals surface area contributed by atoms with Gasteiger partial charge in [0.25, 0.3) is 0 Å². The van der Waals surface area contributed by atoms with Gasteiger partial charge in [0.15, 0.2) is 0 Å². The highest BCUT2D eigenvalue weighted by Gasteiger charge is 2.21. The zero-order valence-electron chi connectivity index (χ0n) is 20.1. The zero-order chi connectivity index (χ0) is 27.1. The minimum absolute atomic E-state index is 0.0540. The number of nitrogens with two attached hydrogens (primary N) is 1. The molecule has 0 unspecified atom stereocenters. The number of benzene rings is 2. The van der Waals surface area contributed by atoms with Gasteiger partial charge in [-0.3, -0.25) is 4.79 Å². The van der Waals surface area contributed by atoms with E-state index >= 15 is 0 Å². The molecule has 2 aromatic carbocycles. The van der Waals surface area contributed by atoms with E-state index in [0.29, 0.717) is 32.7 Å². The van der Waals surface area contributed by atoms with E-state index in [-0.39, 0.29) is 36.3 Å². The number of rotatable bonds is 9. The molecule has 2 aromatic heterocycles. The van der Waals surface area contributed by atoms with E-state index in [4.69, 9.17) is 38.4 Å². The average Bonchev–Trinajstić information content (AvgIpc) is 3.39. The molecular formula is C27H20ClN5O3S2. The van der Waals surface area contributed by atoms with Crippen molar-refractivity contribution in [3.63, 3.8) is 0 Å². The summed E-state index contributed by atoms with van der Waals surface area (Å²) in [5, 5.41) is 14.0. The number of nitriles is 1. The number of halogens is 1. The summed E-state index contributed by atoms with van der Waals surface area (Å²) >= 11 is 8.84. The second-order valence-electron chi connectivity index (χ2n) is 7.78. The molecule has 11 heteroatoms. The monoisotopic (exact) mass is 561 g/mol. The summed E-state index contributed by atoms with van der Waals surface area (Å²) in [6.07, 6.45) is 0. The summed E-state index contributed by atoms with van der Waals surface area (Å²) in [4.78, 5) is 23.5. The smallest absolute Gasteiger partial charge is 0.302 e. The lowest BCUT2D eigenvalue weighted by atomic mass is 10.00. The highest BCUT2D eigenvalue weighted by Crippen LogP contribution is 2.42. The first-order chi connectivity index (χ1) is 18.4. The molecule has 0 saturated carbocycles. The van der Waals surface area contributed by atoms with Gasteiger partial charge in [0.1, 0.15) is 40.9 Å². The highest BCUT2D eigenvalue weighted by molar-refractivity contribution is 7.98. The molecule has 2 heterocycles. The molecular weight excluding hydrogens is 542 g/mol. The van der Waals surface area contributed by atoms with Crippen LogP contribution >= 0.6 is 34.7 Å². The van der Waals surface area contributed by atoms with Gasteiger partial charge in [-0.15, -0.1) is 11.3 Å². The number of thiazole rings is 1. The molecule has 0 saturated heterocycles. The third kappa shape index (κ3) is 6.42. The molecule has 2 N–H and O–H groups in total. The van der Waals surface area contributed by atoms with Gasteiger partial charge in [-0.2, -0.15) is 5.26 Å². The first-order valence-corrected chi connectivity index (χ1v) is 13.4. The Morgan fingerprint density at radius 1 is 1.16 bits per heavy atom. The Morgan fingerprint density at radius 2 is 1.87 bits per heavy atom. The van der Waals surface area contributed by atoms with Gasteiger partial charge >= 0.3 is 5.97 Å². The number of pyridine rings is 1. The topological polar surface area (TPSA) is 115 Å². The second-order valence-corrected chi connectivity index (χ2v) is 10.0. The van der Waals surface area contributed by atoms with Crippen LogP contribution in [0.4, 0.5) is 11.5 Å². The lowest BCUT2D eigenvalue weighted by molar-refractivity contribution is -0.141. The van der Waals surface area contributed by atoms with Crippen molar-refractivity contribution in [3.8, 4) is 33.5 Å². The molecule has 38 heavy (non-hydrogen) atoms. The Morgan fingerprint density at radius 3 is 2.53 bits per heavy atom. The van der Waals surface area contributed by atoms with Crippen LogP contribution in [0.2, 0.25) is 5.02 Å². The fourth-order valence-electron chi connectivity index (χ4n) is 3.48. The predicted octanol–water partition coefficient (Wildman–Crippen LogP) is 6.76. The van der Waals surface area contributed by atoms with Crippen molar-refractivity contribution >= 4 is 52.2 Å². The number of nitrogen functional groups attached to an aromatic ring is 1. The van der Waals surface area contributed by atoms with Gasteiger partial charge in [0, 0.05) is 34.2 Å². The molecule has 8 nitrogen and oxygen atoms in total. The van der Waals surface area contributed by atoms with Crippen LogP contribution in [0.5, 0.6) is 5.75 Å². The summed E-state index contributed by atoms with van der Waals surface area (Å²) in [5.41, 5.74) is 9.40. The van der Waals surface area contributed by atoms with Gasteiger partial charge in [-0.05, 0) is 29.8 Å². The van der Waals surface area contributed by atoms with Crippen LogP contribution in [0.25, 0.3) is 26.5 Å². The lowest BCUT2D eigenvalue weighted by Gasteiger charge is -2.13. The quantitative estimate of drug-likeness (QED) is 0.103. The van der Waals surface area contributed by atoms with E-state index in [2.05, 4.69) is 15.9 Å². The van der Waals surface area contributed by atoms with E-state index in [1.807, 2.05) is 29.6 Å². The molecule has 0 fully saturated rings. The maximum absolute atomic E-state index is 10.9. The van der Waals surface area contributed by atoms with Gasteiger partial charge < -0.3 is 15.2 Å². The van der Waals surface area contributed by atoms with Gasteiger partial charge in [0.2, 0.25) is 5.69 Å². The molecule has 4 rings (SSSR count). The van der Waals surface area contributed by atoms with Crippen LogP contribution in [0, 0.1) is 17.9 Å². The summed E-state index contributed by atoms with van der Waals surface area (Å²) in [6, 6.07) is 16.6. The molecule has 0 bridgehead atoms. The number of hydrogen-bond acceptors (Lipinski definition) is 9. The van der Waals surface area contributed by atoms with Gasteiger partial charge in [-0.1, -0.05) is 47.6 Å². The van der Waals surface area contributed by atoms with Crippen molar-refractivity contribution in [1.29, 1.82) is 5.26 Å². The number of hydrogen-bond donors (Lipinski definition) is 1. The number of nitrogens with zero attached hydrogens (tertiary/aromatic N) is 4. The predicted molar refractivity (Wildman–Crippen MR) is 149 cm³/mol. The number of carbonyl (C=O) groups is 1. The Labute approximate surface area is 232 Å². The van der Waals surface area contributed by atoms with Crippen LogP contribution in [0.3, 0.4) is 0 Å². The minimum Gasteiger partial charge on any atom is -0.490 e. The van der Waals surface area contributed by atoms with Crippen molar-refractivity contribution in [1.82, 2.24) is 9.97 Å². The number of carbonyl (C=O) groups excluding carboxylic acids is 1. The standard InChI is InChI=1S/C27H20ClN5O3S2/c1-16(34)35-11-12-36-21-9-5-17(6-10-21)23-22(13-29)27(33-25(30)24(23)31-2)38-15-20-14-37-26(32-20)18-3-7-19(28)8-4-18/h3-10,14H,11-12,15H2,1H3,(H2,30,33). The molecule has 4 aromatic rings. The molecule has 0 atom stereocenters. The maximum Gasteiger partial charge on any atom is 0.302 e. The second kappa shape index (κ2) is 12.4. The summed E-state index contributed by atoms with van der Waals surface area (Å²) in [6.45, 7) is 9.32. The molecule has 0 aliphatic heterocycles. The van der Waals surface area contributed by atoms with Crippen molar-refractivity contribution in [2.24, 2.45) is 0 Å². The Kier molecular flexibility index (Phi) is 8.82. The van der Waals surface area contributed by atoms with Crippen LogP contribution in [0.1, 0.15) is 18.2 Å². The Bertz CT molecular complexity index is 1540. The lowest BCUT2D eigenvalue weighted by Crippen LogP contribution is -2.09. The van der Waals surface area contributed by atoms with Crippen molar-refractivity contribution in [2.45, 2.75) is 17.7 Å². The third-order valence-corrected chi connectivity index (χ3v) is 7.39. The number of ether oxygens (including phenoxy) is 2. The number of thioether (sulfide) groups is 1. The molecule has 0 radical (unpaired) electrons. The molecule has 0 spiro atoms.